The summed E-state index contributed by atoms with van der Waals surface area (Å²) >= 11 is 0. The van der Waals surface area contributed by atoms with Gasteiger partial charge < -0.3 is 19.7 Å². The number of hydrogen-bond acceptors (Lipinski definition) is 9. The third kappa shape index (κ3) is 4.40. The number of imide groups is 1. The largest absolute Gasteiger partial charge is 0.451 e. The zero-order chi connectivity index (χ0) is 23.9. The molecule has 0 saturated carbocycles. The van der Waals surface area contributed by atoms with E-state index in [2.05, 4.69) is 10.6 Å². The number of aryl methyl sites for hydroxylation is 1. The molecule has 2 N–H and O–H groups in total. The van der Waals surface area contributed by atoms with Crippen molar-refractivity contribution in [3.05, 3.63) is 42.0 Å². The van der Waals surface area contributed by atoms with Crippen molar-refractivity contribution in [1.29, 1.82) is 0 Å². The van der Waals surface area contributed by atoms with Gasteiger partial charge in [-0.15, -0.1) is 0 Å². The van der Waals surface area contributed by atoms with Gasteiger partial charge in [0.2, 0.25) is 18.6 Å². The van der Waals surface area contributed by atoms with Crippen molar-refractivity contribution in [3.8, 4) is 11.5 Å². The summed E-state index contributed by atoms with van der Waals surface area (Å²) < 4.78 is 42.2. The van der Waals surface area contributed by atoms with Crippen molar-refractivity contribution in [2.24, 2.45) is 0 Å². The first-order valence-electron chi connectivity index (χ1n) is 11.1. The number of ether oxygens (including phenoxy) is 2. The predicted molar refractivity (Wildman–Crippen MR) is 122 cm³/mol. The second-order valence-electron chi connectivity index (χ2n) is 8.57. The van der Waals surface area contributed by atoms with Crippen LogP contribution in [0.15, 0.2) is 41.3 Å². The van der Waals surface area contributed by atoms with Crippen LogP contribution < -0.4 is 25.0 Å². The van der Waals surface area contributed by atoms with Crippen molar-refractivity contribution in [3.63, 3.8) is 0 Å². The van der Waals surface area contributed by atoms with Crippen molar-refractivity contribution < 1.29 is 31.7 Å². The fourth-order valence-corrected chi connectivity index (χ4v) is 5.43. The van der Waals surface area contributed by atoms with E-state index in [4.69, 9.17) is 13.7 Å². The fourth-order valence-electron chi connectivity index (χ4n) is 4.33. The van der Waals surface area contributed by atoms with Gasteiger partial charge in [0.25, 0.3) is 10.1 Å². The van der Waals surface area contributed by atoms with E-state index < -0.39 is 22.3 Å². The summed E-state index contributed by atoms with van der Waals surface area (Å²) in [7, 11) is -3.86. The summed E-state index contributed by atoms with van der Waals surface area (Å²) in [5, 5.41) is 5.47. The van der Waals surface area contributed by atoms with Crippen molar-refractivity contribution >= 4 is 33.3 Å². The molecule has 2 atom stereocenters. The molecule has 0 bridgehead atoms. The Kier molecular flexibility index (Phi) is 5.82. The van der Waals surface area contributed by atoms with Gasteiger partial charge in [-0.05, 0) is 44.0 Å². The van der Waals surface area contributed by atoms with E-state index >= 15 is 0 Å². The maximum Gasteiger partial charge on any atom is 0.297 e. The lowest BCUT2D eigenvalue weighted by Gasteiger charge is -2.25. The molecule has 0 aliphatic carbocycles. The van der Waals surface area contributed by atoms with Crippen molar-refractivity contribution in [1.82, 2.24) is 5.32 Å². The number of fused-ring (bicyclic) bond motifs is 1. The van der Waals surface area contributed by atoms with Gasteiger partial charge in [-0.2, -0.15) is 8.42 Å². The molecule has 180 valence electrons. The highest BCUT2D eigenvalue weighted by Crippen LogP contribution is 2.47. The molecule has 11 heteroatoms. The van der Waals surface area contributed by atoms with E-state index in [1.807, 2.05) is 17.9 Å². The molecule has 2 aromatic carbocycles. The van der Waals surface area contributed by atoms with E-state index in [9.17, 15) is 18.0 Å². The Labute approximate surface area is 197 Å². The number of anilines is 2. The number of benzene rings is 2. The molecule has 2 amide bonds. The molecule has 2 unspecified atom stereocenters. The molecule has 3 aliphatic heterocycles. The normalized spacial score (nSPS) is 22.1. The summed E-state index contributed by atoms with van der Waals surface area (Å²) in [5.74, 6) is 0.360. The molecule has 0 radical (unpaired) electrons. The van der Waals surface area contributed by atoms with E-state index in [-0.39, 0.29) is 29.9 Å². The molecule has 34 heavy (non-hydrogen) atoms. The van der Waals surface area contributed by atoms with E-state index in [1.165, 1.54) is 0 Å². The average Bonchev–Trinajstić information content (AvgIpc) is 3.46. The highest BCUT2D eigenvalue weighted by Gasteiger charge is 2.34. The van der Waals surface area contributed by atoms with Gasteiger partial charge in [-0.25, -0.2) is 0 Å². The molecular formula is C23H25N3O7S. The molecule has 10 nitrogen and oxygen atoms in total. The zero-order valence-corrected chi connectivity index (χ0v) is 19.4. The lowest BCUT2D eigenvalue weighted by molar-refractivity contribution is -0.133. The zero-order valence-electron chi connectivity index (χ0n) is 18.6. The highest BCUT2D eigenvalue weighted by molar-refractivity contribution is 7.86. The average molecular weight is 488 g/mol. The molecule has 3 aliphatic rings. The number of nitrogens with one attached hydrogen (secondary N) is 2. The summed E-state index contributed by atoms with van der Waals surface area (Å²) in [6, 6.07) is 9.66. The molecular weight excluding hydrogens is 462 g/mol. The number of carbonyl (C=O) groups is 2. The standard InChI is InChI=1S/C23H25N3O7S/c1-14-2-4-16(5-3-14)34(29,30)33-15-10-11-26(12-15)19-8-6-17(21-22(19)32-13-31-21)24-18-7-9-20(27)25-23(18)28/h2-6,8,15,18,24H,7,9-13H2,1H3,(H,25,27,28). The Morgan fingerprint density at radius 1 is 1.06 bits per heavy atom. The van der Waals surface area contributed by atoms with Crippen molar-refractivity contribution in [2.75, 3.05) is 30.1 Å². The van der Waals surface area contributed by atoms with Crippen LogP contribution in [0.2, 0.25) is 0 Å². The molecule has 5 rings (SSSR count). The molecule has 2 saturated heterocycles. The smallest absolute Gasteiger partial charge is 0.297 e. The molecule has 3 heterocycles. The third-order valence-corrected chi connectivity index (χ3v) is 7.50. The molecule has 0 aromatic heterocycles. The minimum atomic E-state index is -3.86. The Balaban J connectivity index is 1.29. The van der Waals surface area contributed by atoms with Gasteiger partial charge in [-0.3, -0.25) is 19.1 Å². The Hall–Kier alpha value is -3.31. The van der Waals surface area contributed by atoms with Gasteiger partial charge in [0.1, 0.15) is 6.04 Å². The lowest BCUT2D eigenvalue weighted by atomic mass is 10.1. The van der Waals surface area contributed by atoms with Gasteiger partial charge in [0.15, 0.2) is 11.5 Å². The van der Waals surface area contributed by atoms with E-state index in [1.54, 1.807) is 30.3 Å². The Bertz CT molecular complexity index is 1230. The Morgan fingerprint density at radius 2 is 1.82 bits per heavy atom. The summed E-state index contributed by atoms with van der Waals surface area (Å²) in [6.07, 6.45) is 0.701. The monoisotopic (exact) mass is 487 g/mol. The quantitative estimate of drug-likeness (QED) is 0.465. The van der Waals surface area contributed by atoms with Crippen LogP contribution >= 0.6 is 0 Å². The second-order valence-corrected chi connectivity index (χ2v) is 10.1. The minimum absolute atomic E-state index is 0.0337. The number of hydrogen-bond donors (Lipinski definition) is 2. The lowest BCUT2D eigenvalue weighted by Crippen LogP contribution is -2.47. The topological polar surface area (TPSA) is 123 Å². The van der Waals surface area contributed by atoms with E-state index in [0.717, 1.165) is 11.3 Å². The van der Waals surface area contributed by atoms with Crippen LogP contribution in [0.1, 0.15) is 24.8 Å². The van der Waals surface area contributed by atoms with Crippen LogP contribution in [0.5, 0.6) is 11.5 Å². The molecule has 2 fully saturated rings. The summed E-state index contributed by atoms with van der Waals surface area (Å²) in [5.41, 5.74) is 2.33. The third-order valence-electron chi connectivity index (χ3n) is 6.12. The van der Waals surface area contributed by atoms with Gasteiger partial charge >= 0.3 is 0 Å². The molecule has 0 spiro atoms. The van der Waals surface area contributed by atoms with Gasteiger partial charge in [0.05, 0.1) is 22.4 Å². The first kappa shape index (κ1) is 22.5. The maximum absolute atomic E-state index is 12.7. The van der Waals surface area contributed by atoms with Crippen LogP contribution in [0.3, 0.4) is 0 Å². The fraction of sp³-hybridized carbons (Fsp3) is 0.391. The van der Waals surface area contributed by atoms with Gasteiger partial charge in [0, 0.05) is 19.5 Å². The number of carbonyl (C=O) groups excluding carboxylic acids is 2. The first-order chi connectivity index (χ1) is 16.3. The van der Waals surface area contributed by atoms with Crippen LogP contribution in [0, 0.1) is 6.92 Å². The van der Waals surface area contributed by atoms with Crippen molar-refractivity contribution in [2.45, 2.75) is 43.2 Å². The predicted octanol–water partition coefficient (Wildman–Crippen LogP) is 1.93. The highest BCUT2D eigenvalue weighted by atomic mass is 32.2. The van der Waals surface area contributed by atoms with Gasteiger partial charge in [-0.1, -0.05) is 17.7 Å². The Morgan fingerprint density at radius 3 is 2.59 bits per heavy atom. The van der Waals surface area contributed by atoms with E-state index in [0.29, 0.717) is 43.1 Å². The van der Waals surface area contributed by atoms with Crippen LogP contribution in [0.25, 0.3) is 0 Å². The molecule has 2 aromatic rings. The minimum Gasteiger partial charge on any atom is -0.451 e. The first-order valence-corrected chi connectivity index (χ1v) is 12.5. The summed E-state index contributed by atoms with van der Waals surface area (Å²) in [6.45, 7) is 2.89. The second kappa shape index (κ2) is 8.80. The van der Waals surface area contributed by atoms with Crippen LogP contribution in [-0.2, 0) is 23.9 Å². The number of nitrogens with zero attached hydrogens (tertiary/aromatic N) is 1. The SMILES string of the molecule is Cc1ccc(S(=O)(=O)OC2CCN(c3ccc(NC4CCC(=O)NC4=O)c4c3OCO4)C2)cc1. The number of rotatable bonds is 6. The number of amides is 2. The van der Waals surface area contributed by atoms with Crippen LogP contribution in [-0.4, -0.2) is 52.3 Å². The number of piperidine rings is 1. The summed E-state index contributed by atoms with van der Waals surface area (Å²) in [4.78, 5) is 25.7. The van der Waals surface area contributed by atoms with Crippen LogP contribution in [0.4, 0.5) is 11.4 Å². The maximum atomic E-state index is 12.7.